The second-order valence-corrected chi connectivity index (χ2v) is 4.26. The van der Waals surface area contributed by atoms with Crippen molar-refractivity contribution in [3.8, 4) is 0 Å². The lowest BCUT2D eigenvalue weighted by atomic mass is 10.3. The summed E-state index contributed by atoms with van der Waals surface area (Å²) >= 11 is 0. The molecular formula is C12H12N2O5. The number of hydrogen-bond donors (Lipinski definition) is 2. The highest BCUT2D eigenvalue weighted by atomic mass is 16.7. The van der Waals surface area contributed by atoms with Crippen molar-refractivity contribution in [2.75, 3.05) is 5.32 Å². The molecular weight excluding hydrogens is 252 g/mol. The van der Waals surface area contributed by atoms with Crippen LogP contribution >= 0.6 is 0 Å². The van der Waals surface area contributed by atoms with Crippen LogP contribution in [-0.2, 0) is 19.1 Å². The van der Waals surface area contributed by atoms with Gasteiger partial charge in [-0.05, 0) is 12.1 Å². The summed E-state index contributed by atoms with van der Waals surface area (Å²) in [5, 5.41) is 11.5. The molecule has 0 aliphatic carbocycles. The Labute approximate surface area is 108 Å². The Morgan fingerprint density at radius 1 is 1.21 bits per heavy atom. The first-order valence-corrected chi connectivity index (χ1v) is 5.46. The summed E-state index contributed by atoms with van der Waals surface area (Å²) in [5.74, 6) is -4.08. The topological polar surface area (TPSA) is 97.8 Å². The van der Waals surface area contributed by atoms with E-state index in [9.17, 15) is 9.59 Å². The summed E-state index contributed by atoms with van der Waals surface area (Å²) in [6.45, 7) is 3.03. The SMILES string of the molecule is CC1(C)OC(C(=O)O)=C(C(=O)Nc2ccncc2)O1. The molecule has 1 aromatic rings. The van der Waals surface area contributed by atoms with E-state index in [1.165, 1.54) is 26.2 Å². The average Bonchev–Trinajstić information content (AvgIpc) is 2.67. The standard InChI is InChI=1S/C12H12N2O5/c1-12(2)18-8(9(19-12)11(16)17)10(15)14-7-3-5-13-6-4-7/h3-6H,1-2H3,(H,16,17)(H,13,14,15). The van der Waals surface area contributed by atoms with Crippen molar-refractivity contribution in [1.29, 1.82) is 0 Å². The number of carboxylic acid groups (broad SMARTS) is 1. The Kier molecular flexibility index (Phi) is 3.12. The van der Waals surface area contributed by atoms with Crippen LogP contribution in [0.5, 0.6) is 0 Å². The van der Waals surface area contributed by atoms with Crippen molar-refractivity contribution in [2.45, 2.75) is 19.6 Å². The van der Waals surface area contributed by atoms with Crippen LogP contribution < -0.4 is 5.32 Å². The van der Waals surface area contributed by atoms with E-state index < -0.39 is 23.4 Å². The largest absolute Gasteiger partial charge is 0.475 e. The maximum Gasteiger partial charge on any atom is 0.375 e. The first kappa shape index (κ1) is 12.9. The molecule has 7 nitrogen and oxygen atoms in total. The Hall–Kier alpha value is -2.57. The van der Waals surface area contributed by atoms with E-state index in [0.29, 0.717) is 5.69 Å². The Morgan fingerprint density at radius 2 is 1.79 bits per heavy atom. The zero-order valence-electron chi connectivity index (χ0n) is 10.3. The highest BCUT2D eigenvalue weighted by Crippen LogP contribution is 2.31. The van der Waals surface area contributed by atoms with Gasteiger partial charge in [-0.3, -0.25) is 9.78 Å². The number of carbonyl (C=O) groups is 2. The van der Waals surface area contributed by atoms with E-state index in [4.69, 9.17) is 14.6 Å². The lowest BCUT2D eigenvalue weighted by Gasteiger charge is -2.17. The van der Waals surface area contributed by atoms with Gasteiger partial charge in [0.1, 0.15) is 0 Å². The monoisotopic (exact) mass is 264 g/mol. The molecule has 0 unspecified atom stereocenters. The number of aromatic nitrogens is 1. The Bertz CT molecular complexity index is 550. The second kappa shape index (κ2) is 4.60. The van der Waals surface area contributed by atoms with Crippen molar-refractivity contribution in [3.05, 3.63) is 36.0 Å². The van der Waals surface area contributed by atoms with Crippen molar-refractivity contribution in [1.82, 2.24) is 4.98 Å². The molecule has 0 aromatic carbocycles. The summed E-state index contributed by atoms with van der Waals surface area (Å²) in [5.41, 5.74) is 0.477. The molecule has 2 N–H and O–H groups in total. The van der Waals surface area contributed by atoms with E-state index in [-0.39, 0.29) is 5.76 Å². The second-order valence-electron chi connectivity index (χ2n) is 4.26. The Morgan fingerprint density at radius 3 is 2.37 bits per heavy atom. The van der Waals surface area contributed by atoms with Gasteiger partial charge in [0.2, 0.25) is 11.5 Å². The number of rotatable bonds is 3. The van der Waals surface area contributed by atoms with Gasteiger partial charge in [-0.2, -0.15) is 0 Å². The molecule has 0 spiro atoms. The lowest BCUT2D eigenvalue weighted by Crippen LogP contribution is -2.23. The fourth-order valence-electron chi connectivity index (χ4n) is 1.52. The van der Waals surface area contributed by atoms with Gasteiger partial charge >= 0.3 is 5.97 Å². The summed E-state index contributed by atoms with van der Waals surface area (Å²) < 4.78 is 10.3. The minimum absolute atomic E-state index is 0.352. The summed E-state index contributed by atoms with van der Waals surface area (Å²) in [4.78, 5) is 26.8. The third-order valence-electron chi connectivity index (χ3n) is 2.24. The number of aliphatic carboxylic acids is 1. The predicted molar refractivity (Wildman–Crippen MR) is 63.8 cm³/mol. The van der Waals surface area contributed by atoms with Crippen LogP contribution in [0.25, 0.3) is 0 Å². The normalized spacial score (nSPS) is 16.5. The molecule has 0 atom stereocenters. The number of ether oxygens (including phenoxy) is 2. The molecule has 2 heterocycles. The molecule has 2 rings (SSSR count). The van der Waals surface area contributed by atoms with Gasteiger partial charge in [-0.15, -0.1) is 0 Å². The lowest BCUT2D eigenvalue weighted by molar-refractivity contribution is -0.151. The molecule has 0 fully saturated rings. The van der Waals surface area contributed by atoms with Crippen LogP contribution in [0.4, 0.5) is 5.69 Å². The van der Waals surface area contributed by atoms with Gasteiger partial charge in [0.05, 0.1) is 0 Å². The van der Waals surface area contributed by atoms with Crippen LogP contribution in [0.15, 0.2) is 36.0 Å². The van der Waals surface area contributed by atoms with Gasteiger partial charge in [0.15, 0.2) is 0 Å². The molecule has 7 heteroatoms. The highest BCUT2D eigenvalue weighted by molar-refractivity contribution is 6.06. The number of pyridine rings is 1. The van der Waals surface area contributed by atoms with E-state index in [1.807, 2.05) is 0 Å². The quantitative estimate of drug-likeness (QED) is 0.848. The zero-order chi connectivity index (χ0) is 14.0. The number of amides is 1. The first-order chi connectivity index (χ1) is 8.89. The predicted octanol–water partition coefficient (Wildman–Crippen LogP) is 1.10. The summed E-state index contributed by atoms with van der Waals surface area (Å²) in [6, 6.07) is 3.14. The number of hydrogen-bond acceptors (Lipinski definition) is 5. The summed E-state index contributed by atoms with van der Waals surface area (Å²) in [6.07, 6.45) is 3.00. The fraction of sp³-hybridized carbons (Fsp3) is 0.250. The molecule has 100 valence electrons. The maximum atomic E-state index is 12.0. The maximum absolute atomic E-state index is 12.0. The van der Waals surface area contributed by atoms with Crippen LogP contribution in [0.1, 0.15) is 13.8 Å². The van der Waals surface area contributed by atoms with Crippen molar-refractivity contribution >= 4 is 17.6 Å². The number of carbonyl (C=O) groups excluding carboxylic acids is 1. The van der Waals surface area contributed by atoms with Crippen LogP contribution in [0, 0.1) is 0 Å². The van der Waals surface area contributed by atoms with E-state index in [2.05, 4.69) is 10.3 Å². The van der Waals surface area contributed by atoms with Crippen molar-refractivity contribution < 1.29 is 24.2 Å². The van der Waals surface area contributed by atoms with Crippen LogP contribution in [0.3, 0.4) is 0 Å². The van der Waals surface area contributed by atoms with Crippen molar-refractivity contribution in [2.24, 2.45) is 0 Å². The molecule has 0 saturated heterocycles. The van der Waals surface area contributed by atoms with Crippen LogP contribution in [0.2, 0.25) is 0 Å². The van der Waals surface area contributed by atoms with Crippen molar-refractivity contribution in [3.63, 3.8) is 0 Å². The first-order valence-electron chi connectivity index (χ1n) is 5.46. The molecule has 0 bridgehead atoms. The molecule has 1 amide bonds. The number of nitrogens with zero attached hydrogens (tertiary/aromatic N) is 1. The van der Waals surface area contributed by atoms with Crippen LogP contribution in [-0.4, -0.2) is 27.8 Å². The molecule has 1 aromatic heterocycles. The molecule has 19 heavy (non-hydrogen) atoms. The molecule has 0 radical (unpaired) electrons. The van der Waals surface area contributed by atoms with Gasteiger partial charge in [-0.1, -0.05) is 0 Å². The number of anilines is 1. The molecule has 0 saturated carbocycles. The Balaban J connectivity index is 2.22. The third-order valence-corrected chi connectivity index (χ3v) is 2.24. The smallest absolute Gasteiger partial charge is 0.375 e. The third kappa shape index (κ3) is 2.82. The van der Waals surface area contributed by atoms with Gasteiger partial charge in [-0.25, -0.2) is 4.79 Å². The zero-order valence-corrected chi connectivity index (χ0v) is 10.3. The van der Waals surface area contributed by atoms with E-state index in [1.54, 1.807) is 12.1 Å². The van der Waals surface area contributed by atoms with Gasteiger partial charge in [0.25, 0.3) is 11.7 Å². The minimum Gasteiger partial charge on any atom is -0.475 e. The fourth-order valence-corrected chi connectivity index (χ4v) is 1.52. The molecule has 1 aliphatic heterocycles. The molecule has 1 aliphatic rings. The highest BCUT2D eigenvalue weighted by Gasteiger charge is 2.41. The minimum atomic E-state index is -1.36. The number of nitrogens with one attached hydrogen (secondary N) is 1. The van der Waals surface area contributed by atoms with Gasteiger partial charge in [0, 0.05) is 31.9 Å². The average molecular weight is 264 g/mol. The van der Waals surface area contributed by atoms with E-state index in [0.717, 1.165) is 0 Å². The van der Waals surface area contributed by atoms with E-state index >= 15 is 0 Å². The van der Waals surface area contributed by atoms with Gasteiger partial charge < -0.3 is 19.9 Å². The summed E-state index contributed by atoms with van der Waals surface area (Å²) in [7, 11) is 0. The number of carboxylic acids is 1.